The number of carbonyl (C=O) groups excluding carboxylic acids is 1. The van der Waals surface area contributed by atoms with Crippen LogP contribution in [0.1, 0.15) is 17.6 Å². The van der Waals surface area contributed by atoms with Crippen molar-refractivity contribution in [2.24, 2.45) is 0 Å². The van der Waals surface area contributed by atoms with Crippen molar-refractivity contribution in [1.82, 2.24) is 24.6 Å². The maximum atomic E-state index is 12.3. The molecule has 0 unspecified atom stereocenters. The highest BCUT2D eigenvalue weighted by Gasteiger charge is 2.26. The highest BCUT2D eigenvalue weighted by Crippen LogP contribution is 2.20. The molecular formula is C14H17N5O2. The van der Waals surface area contributed by atoms with Crippen LogP contribution in [0, 0.1) is 6.92 Å². The molecule has 1 saturated heterocycles. The normalized spacial score (nSPS) is 18.7. The van der Waals surface area contributed by atoms with Crippen LogP contribution in [-0.4, -0.2) is 50.3 Å². The number of nitrogens with zero attached hydrogens (tertiary/aromatic N) is 5. The molecule has 3 rings (SSSR count). The summed E-state index contributed by atoms with van der Waals surface area (Å²) in [6.07, 6.45) is 4.97. The van der Waals surface area contributed by atoms with Gasteiger partial charge in [-0.05, 0) is 19.1 Å². The van der Waals surface area contributed by atoms with Crippen LogP contribution in [0.4, 0.5) is 0 Å². The highest BCUT2D eigenvalue weighted by molar-refractivity contribution is 5.76. The van der Waals surface area contributed by atoms with Gasteiger partial charge in [0, 0.05) is 25.1 Å². The fourth-order valence-corrected chi connectivity index (χ4v) is 2.34. The number of rotatable bonds is 3. The summed E-state index contributed by atoms with van der Waals surface area (Å²) in [5.74, 6) is 0.744. The number of amides is 1. The Labute approximate surface area is 122 Å². The van der Waals surface area contributed by atoms with Gasteiger partial charge in [-0.3, -0.25) is 9.48 Å². The molecule has 0 saturated carbocycles. The quantitative estimate of drug-likeness (QED) is 0.825. The molecule has 0 aliphatic carbocycles. The predicted octanol–water partition coefficient (Wildman–Crippen LogP) is 0.582. The first kappa shape index (κ1) is 13.7. The molecule has 1 amide bonds. The van der Waals surface area contributed by atoms with Crippen molar-refractivity contribution in [3.8, 4) is 0 Å². The van der Waals surface area contributed by atoms with E-state index in [4.69, 9.17) is 4.74 Å². The van der Waals surface area contributed by atoms with Gasteiger partial charge in [-0.25, -0.2) is 9.97 Å². The summed E-state index contributed by atoms with van der Waals surface area (Å²) in [6.45, 7) is 3.71. The lowest BCUT2D eigenvalue weighted by Gasteiger charge is -2.32. The first-order valence-electron chi connectivity index (χ1n) is 6.89. The molecule has 1 atom stereocenters. The second-order valence-electron chi connectivity index (χ2n) is 4.93. The van der Waals surface area contributed by atoms with E-state index in [0.29, 0.717) is 25.5 Å². The van der Waals surface area contributed by atoms with E-state index < -0.39 is 0 Å². The highest BCUT2D eigenvalue weighted by atomic mass is 16.5. The Kier molecular flexibility index (Phi) is 3.92. The third kappa shape index (κ3) is 3.25. The van der Waals surface area contributed by atoms with Gasteiger partial charge >= 0.3 is 0 Å². The monoisotopic (exact) mass is 287 g/mol. The molecule has 3 heterocycles. The number of ether oxygens (including phenoxy) is 1. The molecule has 0 spiro atoms. The molecule has 2 aromatic heterocycles. The van der Waals surface area contributed by atoms with E-state index in [1.807, 2.05) is 13.0 Å². The third-order valence-electron chi connectivity index (χ3n) is 3.40. The van der Waals surface area contributed by atoms with E-state index in [1.165, 1.54) is 0 Å². The van der Waals surface area contributed by atoms with E-state index in [2.05, 4.69) is 15.1 Å². The smallest absolute Gasteiger partial charge is 0.244 e. The molecule has 110 valence electrons. The summed E-state index contributed by atoms with van der Waals surface area (Å²) in [4.78, 5) is 22.5. The van der Waals surface area contributed by atoms with E-state index in [9.17, 15) is 4.79 Å². The molecule has 21 heavy (non-hydrogen) atoms. The van der Waals surface area contributed by atoms with Crippen LogP contribution in [0.3, 0.4) is 0 Å². The van der Waals surface area contributed by atoms with Gasteiger partial charge in [-0.15, -0.1) is 0 Å². The molecule has 7 heteroatoms. The van der Waals surface area contributed by atoms with E-state index in [1.54, 1.807) is 34.2 Å². The Morgan fingerprint density at radius 3 is 3.14 bits per heavy atom. The summed E-state index contributed by atoms with van der Waals surface area (Å²) in [5, 5.41) is 4.06. The first-order chi connectivity index (χ1) is 10.2. The second-order valence-corrected chi connectivity index (χ2v) is 4.93. The van der Waals surface area contributed by atoms with E-state index >= 15 is 0 Å². The molecule has 2 aromatic rings. The Morgan fingerprint density at radius 2 is 2.38 bits per heavy atom. The zero-order valence-corrected chi connectivity index (χ0v) is 11.8. The molecule has 0 aromatic carbocycles. The van der Waals surface area contributed by atoms with Gasteiger partial charge in [0.05, 0.1) is 18.8 Å². The predicted molar refractivity (Wildman–Crippen MR) is 74.3 cm³/mol. The average molecular weight is 287 g/mol. The van der Waals surface area contributed by atoms with Crippen LogP contribution < -0.4 is 0 Å². The topological polar surface area (TPSA) is 73.1 Å². The van der Waals surface area contributed by atoms with Crippen molar-refractivity contribution < 1.29 is 9.53 Å². The Bertz CT molecular complexity index is 614. The minimum absolute atomic E-state index is 0.0396. The van der Waals surface area contributed by atoms with Gasteiger partial charge < -0.3 is 9.64 Å². The van der Waals surface area contributed by atoms with Gasteiger partial charge in [-0.2, -0.15) is 5.10 Å². The van der Waals surface area contributed by atoms with Crippen molar-refractivity contribution in [3.63, 3.8) is 0 Å². The van der Waals surface area contributed by atoms with Crippen molar-refractivity contribution in [2.45, 2.75) is 19.6 Å². The van der Waals surface area contributed by atoms with Gasteiger partial charge in [0.25, 0.3) is 0 Å². The molecule has 7 nitrogen and oxygen atoms in total. The van der Waals surface area contributed by atoms with Gasteiger partial charge in [0.2, 0.25) is 5.91 Å². The summed E-state index contributed by atoms with van der Waals surface area (Å²) in [7, 11) is 0. The van der Waals surface area contributed by atoms with Gasteiger partial charge in [0.1, 0.15) is 18.5 Å². The van der Waals surface area contributed by atoms with Gasteiger partial charge in [0.15, 0.2) is 0 Å². The average Bonchev–Trinajstić information content (AvgIpc) is 3.00. The molecule has 0 radical (unpaired) electrons. The zero-order chi connectivity index (χ0) is 14.7. The number of hydrogen-bond donors (Lipinski definition) is 0. The Morgan fingerprint density at radius 1 is 1.48 bits per heavy atom. The van der Waals surface area contributed by atoms with Crippen LogP contribution in [-0.2, 0) is 16.1 Å². The maximum Gasteiger partial charge on any atom is 0.244 e. The van der Waals surface area contributed by atoms with Gasteiger partial charge in [-0.1, -0.05) is 0 Å². The van der Waals surface area contributed by atoms with Crippen LogP contribution >= 0.6 is 0 Å². The summed E-state index contributed by atoms with van der Waals surface area (Å²) in [5.41, 5.74) is 0.819. The lowest BCUT2D eigenvalue weighted by atomic mass is 10.2. The standard InChI is InChI=1S/C14H17N5O2/c1-11-15-5-3-12(17-11)13-9-18(7-8-21-13)14(20)10-19-6-2-4-16-19/h2-6,13H,7-10H2,1H3/t13-/m1/s1. The molecule has 1 fully saturated rings. The molecule has 1 aliphatic rings. The number of aryl methyl sites for hydroxylation is 1. The molecule has 0 N–H and O–H groups in total. The van der Waals surface area contributed by atoms with Crippen LogP contribution in [0.2, 0.25) is 0 Å². The van der Waals surface area contributed by atoms with E-state index in [0.717, 1.165) is 5.69 Å². The maximum absolute atomic E-state index is 12.3. The van der Waals surface area contributed by atoms with Crippen molar-refractivity contribution in [1.29, 1.82) is 0 Å². The third-order valence-corrected chi connectivity index (χ3v) is 3.40. The minimum Gasteiger partial charge on any atom is -0.368 e. The SMILES string of the molecule is Cc1nccc([C@H]2CN(C(=O)Cn3cccn3)CCO2)n1. The molecule has 0 bridgehead atoms. The fourth-order valence-electron chi connectivity index (χ4n) is 2.34. The number of aromatic nitrogens is 4. The summed E-state index contributed by atoms with van der Waals surface area (Å²) < 4.78 is 7.35. The zero-order valence-electron chi connectivity index (χ0n) is 11.8. The number of carbonyl (C=O) groups is 1. The van der Waals surface area contributed by atoms with Crippen molar-refractivity contribution in [3.05, 3.63) is 42.2 Å². The summed E-state index contributed by atoms with van der Waals surface area (Å²) in [6, 6.07) is 3.64. The van der Waals surface area contributed by atoms with Crippen LogP contribution in [0.5, 0.6) is 0 Å². The largest absolute Gasteiger partial charge is 0.368 e. The van der Waals surface area contributed by atoms with Crippen LogP contribution in [0.15, 0.2) is 30.7 Å². The Balaban J connectivity index is 1.66. The van der Waals surface area contributed by atoms with E-state index in [-0.39, 0.29) is 18.6 Å². The summed E-state index contributed by atoms with van der Waals surface area (Å²) >= 11 is 0. The lowest BCUT2D eigenvalue weighted by Crippen LogP contribution is -2.43. The second kappa shape index (κ2) is 6.01. The first-order valence-corrected chi connectivity index (χ1v) is 6.89. The fraction of sp³-hybridized carbons (Fsp3) is 0.429. The molecule has 1 aliphatic heterocycles. The minimum atomic E-state index is -0.193. The Hall–Kier alpha value is -2.28. The number of morpholine rings is 1. The molecular weight excluding hydrogens is 270 g/mol. The lowest BCUT2D eigenvalue weighted by molar-refractivity contribution is -0.140. The number of hydrogen-bond acceptors (Lipinski definition) is 5. The van der Waals surface area contributed by atoms with Crippen molar-refractivity contribution in [2.75, 3.05) is 19.7 Å². The van der Waals surface area contributed by atoms with Crippen molar-refractivity contribution >= 4 is 5.91 Å². The van der Waals surface area contributed by atoms with Crippen LogP contribution in [0.25, 0.3) is 0 Å².